The molecule has 1 aromatic carbocycles. The molecule has 3 N–H and O–H groups in total. The summed E-state index contributed by atoms with van der Waals surface area (Å²) in [4.78, 5) is 0. The second kappa shape index (κ2) is 4.87. The first-order valence-corrected chi connectivity index (χ1v) is 4.79. The number of hydrogen-bond donors (Lipinski definition) is 2. The van der Waals surface area contributed by atoms with Crippen molar-refractivity contribution in [3.05, 3.63) is 29.8 Å². The van der Waals surface area contributed by atoms with Crippen molar-refractivity contribution < 1.29 is 0 Å². The first kappa shape index (κ1) is 10.1. The van der Waals surface area contributed by atoms with Gasteiger partial charge >= 0.3 is 0 Å². The molecule has 0 heterocycles. The lowest BCUT2D eigenvalue weighted by Gasteiger charge is -2.15. The topological polar surface area (TPSA) is 38.0 Å². The highest BCUT2D eigenvalue weighted by atomic mass is 14.9. The van der Waals surface area contributed by atoms with Gasteiger partial charge in [0.25, 0.3) is 0 Å². The van der Waals surface area contributed by atoms with E-state index in [1.807, 2.05) is 0 Å². The van der Waals surface area contributed by atoms with Gasteiger partial charge in [-0.15, -0.1) is 0 Å². The van der Waals surface area contributed by atoms with Crippen molar-refractivity contribution in [1.29, 1.82) is 0 Å². The SMILES string of the molecule is CCC(CN)Nc1ccc(C)cc1. The van der Waals surface area contributed by atoms with Gasteiger partial charge in [0.2, 0.25) is 0 Å². The van der Waals surface area contributed by atoms with Crippen LogP contribution in [0.5, 0.6) is 0 Å². The van der Waals surface area contributed by atoms with Crippen molar-refractivity contribution in [1.82, 2.24) is 0 Å². The molecule has 1 rings (SSSR count). The summed E-state index contributed by atoms with van der Waals surface area (Å²) in [6.07, 6.45) is 1.06. The average Bonchev–Trinajstić information content (AvgIpc) is 2.17. The third-order valence-electron chi connectivity index (χ3n) is 2.20. The van der Waals surface area contributed by atoms with E-state index in [0.29, 0.717) is 12.6 Å². The maximum atomic E-state index is 5.60. The van der Waals surface area contributed by atoms with Crippen LogP contribution < -0.4 is 11.1 Å². The van der Waals surface area contributed by atoms with Crippen LogP contribution in [0.1, 0.15) is 18.9 Å². The fourth-order valence-corrected chi connectivity index (χ4v) is 1.21. The fourth-order valence-electron chi connectivity index (χ4n) is 1.21. The smallest absolute Gasteiger partial charge is 0.0381 e. The highest BCUT2D eigenvalue weighted by molar-refractivity contribution is 5.45. The van der Waals surface area contributed by atoms with Crippen LogP contribution in [-0.2, 0) is 0 Å². The predicted molar refractivity (Wildman–Crippen MR) is 57.9 cm³/mol. The molecule has 1 atom stereocenters. The number of anilines is 1. The molecule has 0 aliphatic rings. The first-order chi connectivity index (χ1) is 6.26. The summed E-state index contributed by atoms with van der Waals surface area (Å²) in [7, 11) is 0. The Bertz CT molecular complexity index is 237. The van der Waals surface area contributed by atoms with Crippen molar-refractivity contribution in [2.24, 2.45) is 5.73 Å². The minimum absolute atomic E-state index is 0.391. The number of nitrogens with one attached hydrogen (secondary N) is 1. The van der Waals surface area contributed by atoms with E-state index in [-0.39, 0.29) is 0 Å². The van der Waals surface area contributed by atoms with Gasteiger partial charge < -0.3 is 11.1 Å². The van der Waals surface area contributed by atoms with Crippen LogP contribution in [0, 0.1) is 6.92 Å². The lowest BCUT2D eigenvalue weighted by Crippen LogP contribution is -2.27. The van der Waals surface area contributed by atoms with E-state index >= 15 is 0 Å². The molecule has 2 heteroatoms. The van der Waals surface area contributed by atoms with E-state index in [4.69, 9.17) is 5.73 Å². The van der Waals surface area contributed by atoms with Gasteiger partial charge in [-0.2, -0.15) is 0 Å². The van der Waals surface area contributed by atoms with Gasteiger partial charge in [0.1, 0.15) is 0 Å². The largest absolute Gasteiger partial charge is 0.381 e. The third-order valence-corrected chi connectivity index (χ3v) is 2.20. The Hall–Kier alpha value is -1.02. The van der Waals surface area contributed by atoms with Crippen LogP contribution in [0.15, 0.2) is 24.3 Å². The Morgan fingerprint density at radius 2 is 1.92 bits per heavy atom. The van der Waals surface area contributed by atoms with E-state index in [9.17, 15) is 0 Å². The monoisotopic (exact) mass is 178 g/mol. The van der Waals surface area contributed by atoms with Gasteiger partial charge in [-0.1, -0.05) is 24.6 Å². The molecule has 0 aromatic heterocycles. The quantitative estimate of drug-likeness (QED) is 0.741. The molecule has 0 saturated carbocycles. The van der Waals surface area contributed by atoms with Crippen LogP contribution in [0.4, 0.5) is 5.69 Å². The number of nitrogens with two attached hydrogens (primary N) is 1. The fraction of sp³-hybridized carbons (Fsp3) is 0.455. The average molecular weight is 178 g/mol. The molecule has 0 aliphatic heterocycles. The molecule has 0 saturated heterocycles. The third kappa shape index (κ3) is 3.07. The predicted octanol–water partition coefficient (Wildman–Crippen LogP) is 2.14. The highest BCUT2D eigenvalue weighted by Crippen LogP contribution is 2.10. The second-order valence-corrected chi connectivity index (χ2v) is 3.35. The molecular weight excluding hydrogens is 160 g/mol. The molecule has 0 radical (unpaired) electrons. The Morgan fingerprint density at radius 3 is 2.38 bits per heavy atom. The van der Waals surface area contributed by atoms with E-state index in [0.717, 1.165) is 12.1 Å². The Balaban J connectivity index is 2.58. The van der Waals surface area contributed by atoms with Crippen molar-refractivity contribution in [3.63, 3.8) is 0 Å². The van der Waals surface area contributed by atoms with Gasteiger partial charge in [0.05, 0.1) is 0 Å². The molecule has 0 amide bonds. The molecule has 0 aliphatic carbocycles. The summed E-state index contributed by atoms with van der Waals surface area (Å²) in [5, 5.41) is 3.38. The van der Waals surface area contributed by atoms with E-state index in [2.05, 4.69) is 43.4 Å². The summed E-state index contributed by atoms with van der Waals surface area (Å²) in [6.45, 7) is 4.91. The zero-order valence-corrected chi connectivity index (χ0v) is 8.38. The van der Waals surface area contributed by atoms with Gasteiger partial charge in [-0.05, 0) is 25.5 Å². The lowest BCUT2D eigenvalue weighted by atomic mass is 10.2. The van der Waals surface area contributed by atoms with Gasteiger partial charge in [0, 0.05) is 18.3 Å². The van der Waals surface area contributed by atoms with Crippen LogP contribution in [-0.4, -0.2) is 12.6 Å². The summed E-state index contributed by atoms with van der Waals surface area (Å²) in [6, 6.07) is 8.78. The van der Waals surface area contributed by atoms with Gasteiger partial charge in [-0.25, -0.2) is 0 Å². The molecule has 0 spiro atoms. The maximum absolute atomic E-state index is 5.60. The normalized spacial score (nSPS) is 12.5. The summed E-state index contributed by atoms with van der Waals surface area (Å²) >= 11 is 0. The summed E-state index contributed by atoms with van der Waals surface area (Å²) in [5.41, 5.74) is 8.04. The van der Waals surface area contributed by atoms with E-state index in [1.54, 1.807) is 0 Å². The van der Waals surface area contributed by atoms with Gasteiger partial charge in [0.15, 0.2) is 0 Å². The molecule has 0 fully saturated rings. The summed E-state index contributed by atoms with van der Waals surface area (Å²) in [5.74, 6) is 0. The van der Waals surface area contributed by atoms with Crippen molar-refractivity contribution in [2.45, 2.75) is 26.3 Å². The molecule has 1 unspecified atom stereocenters. The first-order valence-electron chi connectivity index (χ1n) is 4.79. The molecule has 2 nitrogen and oxygen atoms in total. The minimum Gasteiger partial charge on any atom is -0.381 e. The number of aryl methyl sites for hydroxylation is 1. The highest BCUT2D eigenvalue weighted by Gasteiger charge is 2.01. The zero-order valence-electron chi connectivity index (χ0n) is 8.38. The van der Waals surface area contributed by atoms with Crippen molar-refractivity contribution in [2.75, 3.05) is 11.9 Å². The van der Waals surface area contributed by atoms with Crippen molar-refractivity contribution >= 4 is 5.69 Å². The minimum atomic E-state index is 0.391. The molecular formula is C11H18N2. The van der Waals surface area contributed by atoms with E-state index < -0.39 is 0 Å². The molecule has 0 bridgehead atoms. The lowest BCUT2D eigenvalue weighted by molar-refractivity contribution is 0.704. The molecule has 72 valence electrons. The van der Waals surface area contributed by atoms with Gasteiger partial charge in [-0.3, -0.25) is 0 Å². The van der Waals surface area contributed by atoms with Crippen molar-refractivity contribution in [3.8, 4) is 0 Å². The zero-order chi connectivity index (χ0) is 9.68. The maximum Gasteiger partial charge on any atom is 0.0381 e. The summed E-state index contributed by atoms with van der Waals surface area (Å²) < 4.78 is 0. The Labute approximate surface area is 80.1 Å². The van der Waals surface area contributed by atoms with Crippen LogP contribution in [0.25, 0.3) is 0 Å². The van der Waals surface area contributed by atoms with Crippen LogP contribution in [0.3, 0.4) is 0 Å². The Kier molecular flexibility index (Phi) is 3.77. The number of rotatable bonds is 4. The molecule has 1 aromatic rings. The Morgan fingerprint density at radius 1 is 1.31 bits per heavy atom. The van der Waals surface area contributed by atoms with Crippen LogP contribution in [0.2, 0.25) is 0 Å². The number of benzene rings is 1. The second-order valence-electron chi connectivity index (χ2n) is 3.35. The standard InChI is InChI=1S/C11H18N2/c1-3-10(8-12)13-11-6-4-9(2)5-7-11/h4-7,10,13H,3,8,12H2,1-2H3. The van der Waals surface area contributed by atoms with E-state index in [1.165, 1.54) is 5.56 Å². The molecule has 13 heavy (non-hydrogen) atoms. The van der Waals surface area contributed by atoms with Crippen LogP contribution >= 0.6 is 0 Å². The number of hydrogen-bond acceptors (Lipinski definition) is 2.